The van der Waals surface area contributed by atoms with E-state index in [4.69, 9.17) is 4.74 Å². The van der Waals surface area contributed by atoms with E-state index in [1.807, 2.05) is 19.2 Å². The maximum atomic E-state index is 14.8. The number of benzene rings is 1. The lowest BCUT2D eigenvalue weighted by molar-refractivity contribution is 0.0148. The smallest absolute Gasteiger partial charge is 0.354 e. The number of carboxylic acids is 1. The van der Waals surface area contributed by atoms with E-state index in [2.05, 4.69) is 19.9 Å². The summed E-state index contributed by atoms with van der Waals surface area (Å²) in [5, 5.41) is 9.43. The molecule has 1 saturated carbocycles. The number of carbonyl (C=O) groups is 1. The van der Waals surface area contributed by atoms with Crippen LogP contribution in [0.15, 0.2) is 30.5 Å². The summed E-state index contributed by atoms with van der Waals surface area (Å²) in [5.41, 5.74) is 5.43. The molecule has 0 radical (unpaired) electrons. The van der Waals surface area contributed by atoms with Crippen molar-refractivity contribution in [1.82, 2.24) is 15.0 Å². The van der Waals surface area contributed by atoms with Gasteiger partial charge in [0.1, 0.15) is 5.82 Å². The summed E-state index contributed by atoms with van der Waals surface area (Å²) >= 11 is 0. The molecule has 1 aliphatic carbocycles. The van der Waals surface area contributed by atoms with Crippen molar-refractivity contribution in [3.8, 4) is 11.1 Å². The molecule has 3 aromatic rings. The van der Waals surface area contributed by atoms with Gasteiger partial charge in [-0.05, 0) is 76.0 Å². The zero-order chi connectivity index (χ0) is 25.0. The molecule has 0 spiro atoms. The Bertz CT molecular complexity index is 1280. The number of hydrogen-bond acceptors (Lipinski definition) is 5. The number of aromatic nitrogens is 3. The van der Waals surface area contributed by atoms with Gasteiger partial charge in [-0.2, -0.15) is 0 Å². The third-order valence-electron chi connectivity index (χ3n) is 7.94. The molecule has 6 rings (SSSR count). The van der Waals surface area contributed by atoms with E-state index in [1.165, 1.54) is 17.8 Å². The minimum atomic E-state index is -1.04. The van der Waals surface area contributed by atoms with E-state index in [9.17, 15) is 14.3 Å². The van der Waals surface area contributed by atoms with E-state index >= 15 is 0 Å². The van der Waals surface area contributed by atoms with Crippen molar-refractivity contribution in [1.29, 1.82) is 0 Å². The number of fused-ring (bicyclic) bond motifs is 2. The summed E-state index contributed by atoms with van der Waals surface area (Å²) in [6.07, 6.45) is 8.04. The molecular weight excluding hydrogens is 459 g/mol. The molecule has 3 fully saturated rings. The molecule has 1 aromatic carbocycles. The third-order valence-corrected chi connectivity index (χ3v) is 7.94. The Morgan fingerprint density at radius 3 is 2.58 bits per heavy atom. The second kappa shape index (κ2) is 9.00. The van der Waals surface area contributed by atoms with Crippen LogP contribution in [-0.4, -0.2) is 44.2 Å². The first kappa shape index (κ1) is 23.2. The first-order chi connectivity index (χ1) is 17.4. The number of aromatic carboxylic acids is 1. The van der Waals surface area contributed by atoms with Gasteiger partial charge in [0.15, 0.2) is 5.69 Å². The number of ether oxygens (including phenoxy) is 1. The Labute approximate surface area is 209 Å². The lowest BCUT2D eigenvalue weighted by Gasteiger charge is -2.39. The van der Waals surface area contributed by atoms with Crippen molar-refractivity contribution < 1.29 is 19.0 Å². The van der Waals surface area contributed by atoms with Crippen molar-refractivity contribution in [3.05, 3.63) is 64.5 Å². The molecule has 0 amide bonds. The number of aromatic amines is 1. The fourth-order valence-corrected chi connectivity index (χ4v) is 6.13. The standard InChI is InChI=1S/C28H31FN4O3/c1-15-4-3-5-23(29)25(15)21-13-30-26(17-6-7-17)22(21)14-36-20-11-18-8-9-19(12-20)33(18)28-31-16(2)10-24(32-28)27(34)35/h3-5,10,13,17-20,30H,6-9,11-12,14H2,1-2H3,(H,34,35). The zero-order valence-electron chi connectivity index (χ0n) is 20.6. The molecular formula is C28H31FN4O3. The highest BCUT2D eigenvalue weighted by Crippen LogP contribution is 2.45. The van der Waals surface area contributed by atoms with Crippen LogP contribution >= 0.6 is 0 Å². The van der Waals surface area contributed by atoms with Crippen LogP contribution in [0.4, 0.5) is 10.3 Å². The highest BCUT2D eigenvalue weighted by atomic mass is 19.1. The predicted octanol–water partition coefficient (Wildman–Crippen LogP) is 5.52. The molecule has 188 valence electrons. The second-order valence-corrected chi connectivity index (χ2v) is 10.5. The molecule has 2 saturated heterocycles. The van der Waals surface area contributed by atoms with Gasteiger partial charge < -0.3 is 19.7 Å². The number of aryl methyl sites for hydroxylation is 2. The average Bonchev–Trinajstić information content (AvgIpc) is 3.54. The number of halogens is 1. The van der Waals surface area contributed by atoms with Gasteiger partial charge in [0.25, 0.3) is 0 Å². The van der Waals surface area contributed by atoms with Gasteiger partial charge in [-0.3, -0.25) is 0 Å². The van der Waals surface area contributed by atoms with Crippen LogP contribution in [-0.2, 0) is 11.3 Å². The fraction of sp³-hybridized carbons (Fsp3) is 0.464. The van der Waals surface area contributed by atoms with Gasteiger partial charge in [-0.1, -0.05) is 12.1 Å². The molecule has 2 bridgehead atoms. The Kier molecular flexibility index (Phi) is 5.79. The van der Waals surface area contributed by atoms with Crippen LogP contribution in [0.1, 0.15) is 77.4 Å². The Morgan fingerprint density at radius 1 is 1.17 bits per heavy atom. The van der Waals surface area contributed by atoms with Crippen LogP contribution in [0.5, 0.6) is 0 Å². The first-order valence-electron chi connectivity index (χ1n) is 12.8. The molecule has 2 aliphatic heterocycles. The van der Waals surface area contributed by atoms with Crippen molar-refractivity contribution >= 4 is 11.9 Å². The number of nitrogens with one attached hydrogen (secondary N) is 1. The molecule has 2 unspecified atom stereocenters. The molecule has 2 aromatic heterocycles. The van der Waals surface area contributed by atoms with E-state index < -0.39 is 5.97 Å². The largest absolute Gasteiger partial charge is 0.477 e. The quantitative estimate of drug-likeness (QED) is 0.453. The van der Waals surface area contributed by atoms with Crippen LogP contribution in [0.3, 0.4) is 0 Å². The highest BCUT2D eigenvalue weighted by Gasteiger charge is 2.43. The molecule has 36 heavy (non-hydrogen) atoms. The maximum absolute atomic E-state index is 14.8. The minimum absolute atomic E-state index is 0.0336. The van der Waals surface area contributed by atoms with E-state index in [0.717, 1.165) is 55.2 Å². The summed E-state index contributed by atoms with van der Waals surface area (Å²) in [7, 11) is 0. The fourth-order valence-electron chi connectivity index (χ4n) is 6.13. The molecule has 4 heterocycles. The summed E-state index contributed by atoms with van der Waals surface area (Å²) in [4.78, 5) is 26.1. The zero-order valence-corrected chi connectivity index (χ0v) is 20.6. The summed E-state index contributed by atoms with van der Waals surface area (Å²) < 4.78 is 21.4. The summed E-state index contributed by atoms with van der Waals surface area (Å²) in [5.74, 6) is -0.226. The van der Waals surface area contributed by atoms with Crippen LogP contribution < -0.4 is 4.90 Å². The number of anilines is 1. The van der Waals surface area contributed by atoms with Crippen LogP contribution in [0.2, 0.25) is 0 Å². The lowest BCUT2D eigenvalue weighted by atomic mass is 9.97. The number of carboxylic acid groups (broad SMARTS) is 1. The number of piperidine rings is 1. The van der Waals surface area contributed by atoms with E-state index in [-0.39, 0.29) is 29.7 Å². The van der Waals surface area contributed by atoms with Crippen LogP contribution in [0, 0.1) is 19.7 Å². The van der Waals surface area contributed by atoms with Gasteiger partial charge >= 0.3 is 5.97 Å². The van der Waals surface area contributed by atoms with Gasteiger partial charge in [0, 0.05) is 46.4 Å². The number of hydrogen-bond donors (Lipinski definition) is 2. The minimum Gasteiger partial charge on any atom is -0.477 e. The lowest BCUT2D eigenvalue weighted by Crippen LogP contribution is -2.46. The Balaban J connectivity index is 1.21. The summed E-state index contributed by atoms with van der Waals surface area (Å²) in [6, 6.07) is 7.17. The highest BCUT2D eigenvalue weighted by molar-refractivity contribution is 5.85. The second-order valence-electron chi connectivity index (χ2n) is 10.5. The Morgan fingerprint density at radius 2 is 1.92 bits per heavy atom. The van der Waals surface area contributed by atoms with Crippen molar-refractivity contribution in [2.75, 3.05) is 4.90 Å². The van der Waals surface area contributed by atoms with Gasteiger partial charge in [0.2, 0.25) is 5.95 Å². The summed E-state index contributed by atoms with van der Waals surface area (Å²) in [6.45, 7) is 4.20. The van der Waals surface area contributed by atoms with Gasteiger partial charge in [-0.15, -0.1) is 0 Å². The number of H-pyrrole nitrogens is 1. The monoisotopic (exact) mass is 490 g/mol. The molecule has 2 N–H and O–H groups in total. The molecule has 8 heteroatoms. The number of nitrogens with zero attached hydrogens (tertiary/aromatic N) is 3. The first-order valence-corrected chi connectivity index (χ1v) is 12.8. The molecule has 3 aliphatic rings. The average molecular weight is 491 g/mol. The molecule has 2 atom stereocenters. The molecule has 7 nitrogen and oxygen atoms in total. The third kappa shape index (κ3) is 4.17. The number of rotatable bonds is 7. The van der Waals surface area contributed by atoms with E-state index in [0.29, 0.717) is 29.7 Å². The van der Waals surface area contributed by atoms with Crippen LogP contribution in [0.25, 0.3) is 11.1 Å². The SMILES string of the molecule is Cc1cc(C(=O)O)nc(N2C3CCC2CC(OCc2c(-c4c(C)cccc4F)c[nH]c2C2CC2)C3)n1. The normalized spacial score (nSPS) is 23.3. The Hall–Kier alpha value is -3.26. The van der Waals surface area contributed by atoms with Crippen molar-refractivity contribution in [2.45, 2.75) is 83.1 Å². The maximum Gasteiger partial charge on any atom is 0.354 e. The van der Waals surface area contributed by atoms with Crippen molar-refractivity contribution in [2.24, 2.45) is 0 Å². The van der Waals surface area contributed by atoms with Gasteiger partial charge in [-0.25, -0.2) is 19.2 Å². The predicted molar refractivity (Wildman–Crippen MR) is 134 cm³/mol. The van der Waals surface area contributed by atoms with Crippen molar-refractivity contribution in [3.63, 3.8) is 0 Å². The van der Waals surface area contributed by atoms with E-state index in [1.54, 1.807) is 13.0 Å². The van der Waals surface area contributed by atoms with Gasteiger partial charge in [0.05, 0.1) is 12.7 Å². The topological polar surface area (TPSA) is 91.3 Å².